The van der Waals surface area contributed by atoms with Crippen molar-refractivity contribution < 1.29 is 13.9 Å². The number of benzene rings is 2. The quantitative estimate of drug-likeness (QED) is 0.468. The van der Waals surface area contributed by atoms with Crippen LogP contribution in [0.1, 0.15) is 22.3 Å². The Morgan fingerprint density at radius 2 is 2.00 bits per heavy atom. The number of ether oxygens (including phenoxy) is 1. The number of aryl methyl sites for hydroxylation is 1. The topological polar surface area (TPSA) is 92.3 Å². The third-order valence-corrected chi connectivity index (χ3v) is 6.56. The SMILES string of the molecule is Cc1oc(-c2ccccc2)nc1COc1ccc2cc(C3SC(=N)N(C)C3=O)cnc2c1. The molecule has 2 aromatic carbocycles. The van der Waals surface area contributed by atoms with Gasteiger partial charge in [0.05, 0.1) is 5.52 Å². The highest BCUT2D eigenvalue weighted by molar-refractivity contribution is 8.15. The van der Waals surface area contributed by atoms with Gasteiger partial charge in [0.2, 0.25) is 11.8 Å². The van der Waals surface area contributed by atoms with Gasteiger partial charge in [-0.3, -0.25) is 20.1 Å². The molecule has 3 heterocycles. The molecule has 0 aliphatic carbocycles. The number of amidine groups is 1. The summed E-state index contributed by atoms with van der Waals surface area (Å²) in [5, 5.41) is 8.60. The van der Waals surface area contributed by atoms with Gasteiger partial charge in [-0.05, 0) is 42.8 Å². The lowest BCUT2D eigenvalue weighted by Crippen LogP contribution is -2.24. The second-order valence-electron chi connectivity index (χ2n) is 7.50. The second-order valence-corrected chi connectivity index (χ2v) is 8.59. The fraction of sp³-hybridized carbons (Fsp3) is 0.167. The average Bonchev–Trinajstić information content (AvgIpc) is 3.32. The molecule has 1 unspecified atom stereocenters. The molecule has 0 spiro atoms. The van der Waals surface area contributed by atoms with Gasteiger partial charge in [-0.15, -0.1) is 0 Å². The van der Waals surface area contributed by atoms with E-state index in [1.54, 1.807) is 13.2 Å². The number of pyridine rings is 1. The zero-order valence-corrected chi connectivity index (χ0v) is 18.3. The molecule has 1 aliphatic rings. The summed E-state index contributed by atoms with van der Waals surface area (Å²) in [7, 11) is 1.62. The van der Waals surface area contributed by atoms with Gasteiger partial charge in [-0.2, -0.15) is 0 Å². The highest BCUT2D eigenvalue weighted by Gasteiger charge is 2.36. The van der Waals surface area contributed by atoms with Crippen molar-refractivity contribution in [1.29, 1.82) is 5.41 Å². The summed E-state index contributed by atoms with van der Waals surface area (Å²) in [6.45, 7) is 2.16. The van der Waals surface area contributed by atoms with Crippen LogP contribution in [0.4, 0.5) is 0 Å². The van der Waals surface area contributed by atoms with E-state index in [2.05, 4.69) is 9.97 Å². The summed E-state index contributed by atoms with van der Waals surface area (Å²) in [6.07, 6.45) is 1.70. The minimum atomic E-state index is -0.422. The van der Waals surface area contributed by atoms with Gasteiger partial charge < -0.3 is 9.15 Å². The molecule has 5 rings (SSSR count). The second kappa shape index (κ2) is 8.12. The molecule has 0 bridgehead atoms. The van der Waals surface area contributed by atoms with Gasteiger partial charge in [0.25, 0.3) is 0 Å². The first-order valence-corrected chi connectivity index (χ1v) is 10.9. The number of hydrogen-bond acceptors (Lipinski definition) is 7. The summed E-state index contributed by atoms with van der Waals surface area (Å²) >= 11 is 1.23. The van der Waals surface area contributed by atoms with E-state index in [-0.39, 0.29) is 17.7 Å². The van der Waals surface area contributed by atoms with Crippen LogP contribution in [0, 0.1) is 12.3 Å². The van der Waals surface area contributed by atoms with E-state index in [0.717, 1.165) is 33.5 Å². The van der Waals surface area contributed by atoms with Crippen LogP contribution >= 0.6 is 11.8 Å². The van der Waals surface area contributed by atoms with E-state index in [1.807, 2.05) is 61.5 Å². The number of rotatable bonds is 5. The molecule has 8 heteroatoms. The number of fused-ring (bicyclic) bond motifs is 1. The lowest BCUT2D eigenvalue weighted by atomic mass is 10.1. The molecule has 7 nitrogen and oxygen atoms in total. The normalized spacial score (nSPS) is 16.2. The summed E-state index contributed by atoms with van der Waals surface area (Å²) in [6, 6.07) is 17.4. The van der Waals surface area contributed by atoms with Crippen LogP contribution in [0.15, 0.2) is 65.2 Å². The van der Waals surface area contributed by atoms with E-state index in [1.165, 1.54) is 16.7 Å². The van der Waals surface area contributed by atoms with Gasteiger partial charge in [0, 0.05) is 30.3 Å². The number of amides is 1. The maximum atomic E-state index is 12.3. The van der Waals surface area contributed by atoms with Gasteiger partial charge in [0.1, 0.15) is 29.1 Å². The Hall–Kier alpha value is -3.65. The molecule has 1 aliphatic heterocycles. The number of oxazole rings is 1. The largest absolute Gasteiger partial charge is 0.487 e. The number of aromatic nitrogens is 2. The Morgan fingerprint density at radius 1 is 1.19 bits per heavy atom. The summed E-state index contributed by atoms with van der Waals surface area (Å²) < 4.78 is 11.7. The van der Waals surface area contributed by atoms with Crippen LogP contribution in [0.5, 0.6) is 5.75 Å². The summed E-state index contributed by atoms with van der Waals surface area (Å²) in [4.78, 5) is 22.8. The molecule has 32 heavy (non-hydrogen) atoms. The standard InChI is InChI=1S/C24H20N4O3S/c1-14-20(27-22(31-14)15-6-4-3-5-7-15)13-30-18-9-8-16-10-17(12-26-19(16)11-18)21-23(29)28(2)24(25)32-21/h3-12,21,25H,13H2,1-2H3. The third kappa shape index (κ3) is 3.73. The molecule has 4 aromatic rings. The molecular weight excluding hydrogens is 424 g/mol. The maximum absolute atomic E-state index is 12.3. The molecular formula is C24H20N4O3S. The number of nitrogens with zero attached hydrogens (tertiary/aromatic N) is 3. The maximum Gasteiger partial charge on any atom is 0.246 e. The van der Waals surface area contributed by atoms with Gasteiger partial charge >= 0.3 is 0 Å². The number of hydrogen-bond donors (Lipinski definition) is 1. The monoisotopic (exact) mass is 444 g/mol. The molecule has 1 amide bonds. The van der Waals surface area contributed by atoms with Crippen molar-refractivity contribution >= 4 is 33.7 Å². The molecule has 2 aromatic heterocycles. The number of carbonyl (C=O) groups excluding carboxylic acids is 1. The minimum absolute atomic E-state index is 0.0982. The van der Waals surface area contributed by atoms with E-state index in [4.69, 9.17) is 14.6 Å². The minimum Gasteiger partial charge on any atom is -0.487 e. The van der Waals surface area contributed by atoms with Crippen molar-refractivity contribution in [2.75, 3.05) is 7.05 Å². The van der Waals surface area contributed by atoms with Crippen molar-refractivity contribution in [3.05, 3.63) is 77.8 Å². The Balaban J connectivity index is 1.32. The van der Waals surface area contributed by atoms with Crippen molar-refractivity contribution in [3.63, 3.8) is 0 Å². The lowest BCUT2D eigenvalue weighted by molar-refractivity contribution is -0.125. The Morgan fingerprint density at radius 3 is 2.75 bits per heavy atom. The number of carbonyl (C=O) groups is 1. The first-order valence-electron chi connectivity index (χ1n) is 10.1. The van der Waals surface area contributed by atoms with E-state index in [9.17, 15) is 4.79 Å². The zero-order chi connectivity index (χ0) is 22.2. The highest BCUT2D eigenvalue weighted by atomic mass is 32.2. The molecule has 1 atom stereocenters. The fourth-order valence-electron chi connectivity index (χ4n) is 3.50. The third-order valence-electron chi connectivity index (χ3n) is 5.36. The smallest absolute Gasteiger partial charge is 0.246 e. The van der Waals surface area contributed by atoms with Crippen molar-refractivity contribution in [3.8, 4) is 17.2 Å². The molecule has 0 radical (unpaired) electrons. The summed E-state index contributed by atoms with van der Waals surface area (Å²) in [5.41, 5.74) is 3.23. The molecule has 160 valence electrons. The van der Waals surface area contributed by atoms with Crippen LogP contribution in [0.25, 0.3) is 22.4 Å². The molecule has 1 N–H and O–H groups in total. The van der Waals surface area contributed by atoms with Crippen molar-refractivity contribution in [2.45, 2.75) is 18.8 Å². The van der Waals surface area contributed by atoms with Crippen molar-refractivity contribution in [1.82, 2.24) is 14.9 Å². The predicted molar refractivity (Wildman–Crippen MR) is 124 cm³/mol. The first-order chi connectivity index (χ1) is 15.5. The number of nitrogens with one attached hydrogen (secondary N) is 1. The molecule has 1 saturated heterocycles. The van der Waals surface area contributed by atoms with E-state index in [0.29, 0.717) is 11.6 Å². The first kappa shape index (κ1) is 20.3. The van der Waals surface area contributed by atoms with E-state index < -0.39 is 5.25 Å². The van der Waals surface area contributed by atoms with E-state index >= 15 is 0 Å². The predicted octanol–water partition coefficient (Wildman–Crippen LogP) is 4.96. The van der Waals surface area contributed by atoms with Crippen LogP contribution in [0.2, 0.25) is 0 Å². The Labute approximate surface area is 188 Å². The molecule has 1 fully saturated rings. The van der Waals surface area contributed by atoms with Gasteiger partial charge in [-0.25, -0.2) is 4.98 Å². The highest BCUT2D eigenvalue weighted by Crippen LogP contribution is 2.38. The van der Waals surface area contributed by atoms with Crippen LogP contribution in [-0.2, 0) is 11.4 Å². The average molecular weight is 445 g/mol. The molecule has 0 saturated carbocycles. The fourth-order valence-corrected chi connectivity index (χ4v) is 4.49. The Bertz CT molecular complexity index is 1340. The van der Waals surface area contributed by atoms with Crippen LogP contribution in [-0.4, -0.2) is 33.0 Å². The number of likely N-dealkylation sites (N-methyl/N-ethyl adjacent to an activating group) is 1. The zero-order valence-electron chi connectivity index (χ0n) is 17.5. The van der Waals surface area contributed by atoms with Crippen LogP contribution in [0.3, 0.4) is 0 Å². The summed E-state index contributed by atoms with van der Waals surface area (Å²) in [5.74, 6) is 1.88. The van der Waals surface area contributed by atoms with Gasteiger partial charge in [0.15, 0.2) is 5.17 Å². The Kier molecular flexibility index (Phi) is 5.14. The van der Waals surface area contributed by atoms with Crippen LogP contribution < -0.4 is 4.74 Å². The lowest BCUT2D eigenvalue weighted by Gasteiger charge is -2.10. The number of thioether (sulfide) groups is 1. The van der Waals surface area contributed by atoms with Crippen molar-refractivity contribution in [2.24, 2.45) is 0 Å². The van der Waals surface area contributed by atoms with Gasteiger partial charge in [-0.1, -0.05) is 30.0 Å².